The molecule has 156 valence electrons. The molecule has 1 aromatic carbocycles. The van der Waals surface area contributed by atoms with E-state index in [1.54, 1.807) is 36.7 Å². The molecule has 0 aliphatic carbocycles. The van der Waals surface area contributed by atoms with E-state index in [1.165, 1.54) is 17.2 Å². The molecule has 0 spiro atoms. The molecule has 3 heterocycles. The van der Waals surface area contributed by atoms with Gasteiger partial charge in [-0.05, 0) is 42.8 Å². The quantitative estimate of drug-likeness (QED) is 0.450. The molecule has 1 amide bonds. The molecule has 1 aliphatic heterocycles. The Morgan fingerprint density at radius 2 is 2.00 bits per heavy atom. The number of benzene rings is 1. The van der Waals surface area contributed by atoms with E-state index in [-0.39, 0.29) is 6.04 Å². The third-order valence-corrected chi connectivity index (χ3v) is 4.84. The Hall–Kier alpha value is -4.00. The Kier molecular flexibility index (Phi) is 6.03. The smallest absolute Gasteiger partial charge is 0.331 e. The molecule has 0 saturated carbocycles. The summed E-state index contributed by atoms with van der Waals surface area (Å²) in [7, 11) is 0. The van der Waals surface area contributed by atoms with E-state index in [0.29, 0.717) is 17.9 Å². The van der Waals surface area contributed by atoms with E-state index in [4.69, 9.17) is 9.15 Å². The third-order valence-electron chi connectivity index (χ3n) is 4.84. The first-order valence-corrected chi connectivity index (χ1v) is 9.86. The van der Waals surface area contributed by atoms with Crippen molar-refractivity contribution in [3.63, 3.8) is 0 Å². The summed E-state index contributed by atoms with van der Waals surface area (Å²) < 4.78 is 10.6. The van der Waals surface area contributed by atoms with Crippen molar-refractivity contribution in [3.05, 3.63) is 95.7 Å². The molecule has 31 heavy (non-hydrogen) atoms. The van der Waals surface area contributed by atoms with Gasteiger partial charge in [0.05, 0.1) is 17.7 Å². The first-order chi connectivity index (χ1) is 15.1. The maximum absolute atomic E-state index is 12.8. The van der Waals surface area contributed by atoms with Crippen LogP contribution in [0, 0.1) is 6.92 Å². The van der Waals surface area contributed by atoms with Gasteiger partial charge in [-0.1, -0.05) is 35.9 Å². The van der Waals surface area contributed by atoms with Crippen molar-refractivity contribution in [1.82, 2.24) is 9.99 Å². The van der Waals surface area contributed by atoms with Crippen molar-refractivity contribution in [3.8, 4) is 0 Å². The second kappa shape index (κ2) is 9.21. The average Bonchev–Trinajstić information content (AvgIpc) is 3.47. The number of hydrazone groups is 1. The third kappa shape index (κ3) is 4.95. The molecule has 3 aromatic rings. The summed E-state index contributed by atoms with van der Waals surface area (Å²) in [5.41, 5.74) is 3.47. The lowest BCUT2D eigenvalue weighted by atomic mass is 10.0. The number of hydrogen-bond donors (Lipinski definition) is 0. The summed E-state index contributed by atoms with van der Waals surface area (Å²) in [6.45, 7) is 1.59. The van der Waals surface area contributed by atoms with Crippen molar-refractivity contribution in [1.29, 1.82) is 0 Å². The van der Waals surface area contributed by atoms with Gasteiger partial charge >= 0.3 is 5.97 Å². The largest absolute Gasteiger partial charge is 0.467 e. The topological polar surface area (TPSA) is 85.0 Å². The van der Waals surface area contributed by atoms with Gasteiger partial charge in [0.1, 0.15) is 11.8 Å². The van der Waals surface area contributed by atoms with Gasteiger partial charge in [0.15, 0.2) is 6.61 Å². The molecule has 7 nitrogen and oxygen atoms in total. The number of hydrogen-bond acceptors (Lipinski definition) is 6. The van der Waals surface area contributed by atoms with Crippen LogP contribution in [0.3, 0.4) is 0 Å². The lowest BCUT2D eigenvalue weighted by Gasteiger charge is -2.19. The number of rotatable bonds is 6. The number of ether oxygens (including phenoxy) is 1. The molecule has 0 bridgehead atoms. The van der Waals surface area contributed by atoms with E-state index in [1.807, 2.05) is 37.3 Å². The highest BCUT2D eigenvalue weighted by Gasteiger charge is 2.35. The van der Waals surface area contributed by atoms with Gasteiger partial charge in [-0.25, -0.2) is 9.80 Å². The number of amides is 1. The van der Waals surface area contributed by atoms with E-state index < -0.39 is 18.5 Å². The standard InChI is InChI=1S/C24H21N3O4/c1-17-7-9-18(10-8-17)20-15-21(22-6-4-14-30-22)27(26-20)23(28)16-31-24(29)12-11-19-5-2-3-13-25-19/h2-14,21H,15-16H2,1H3. The minimum Gasteiger partial charge on any atom is -0.467 e. The Balaban J connectivity index is 1.45. The highest BCUT2D eigenvalue weighted by molar-refractivity contribution is 6.03. The SMILES string of the molecule is Cc1ccc(C2=NN(C(=O)COC(=O)C=Cc3ccccn3)C(c3ccco3)C2)cc1. The molecule has 4 rings (SSSR count). The number of esters is 1. The second-order valence-electron chi connectivity index (χ2n) is 7.08. The molecule has 2 aromatic heterocycles. The fourth-order valence-corrected chi connectivity index (χ4v) is 3.24. The van der Waals surface area contributed by atoms with Crippen molar-refractivity contribution in [2.75, 3.05) is 6.61 Å². The van der Waals surface area contributed by atoms with Crippen LogP contribution >= 0.6 is 0 Å². The fourth-order valence-electron chi connectivity index (χ4n) is 3.24. The Morgan fingerprint density at radius 3 is 2.71 bits per heavy atom. The Labute approximate surface area is 179 Å². The summed E-state index contributed by atoms with van der Waals surface area (Å²) in [6.07, 6.45) is 6.47. The highest BCUT2D eigenvalue weighted by Crippen LogP contribution is 2.33. The van der Waals surface area contributed by atoms with Crippen molar-refractivity contribution >= 4 is 23.7 Å². The molecular weight excluding hydrogens is 394 g/mol. The van der Waals surface area contributed by atoms with Crippen LogP contribution < -0.4 is 0 Å². The zero-order valence-corrected chi connectivity index (χ0v) is 17.0. The lowest BCUT2D eigenvalue weighted by molar-refractivity contribution is -0.149. The van der Waals surface area contributed by atoms with Gasteiger partial charge in [0.25, 0.3) is 5.91 Å². The molecular formula is C24H21N3O4. The van der Waals surface area contributed by atoms with Crippen LogP contribution in [0.25, 0.3) is 6.08 Å². The molecule has 0 radical (unpaired) electrons. The molecule has 0 N–H and O–H groups in total. The zero-order chi connectivity index (χ0) is 21.6. The maximum Gasteiger partial charge on any atom is 0.331 e. The minimum atomic E-state index is -0.629. The number of carbonyl (C=O) groups is 2. The van der Waals surface area contributed by atoms with Crippen LogP contribution in [-0.4, -0.2) is 34.2 Å². The van der Waals surface area contributed by atoms with Crippen molar-refractivity contribution in [2.45, 2.75) is 19.4 Å². The summed E-state index contributed by atoms with van der Waals surface area (Å²) in [5, 5.41) is 5.86. The Morgan fingerprint density at radius 1 is 1.16 bits per heavy atom. The van der Waals surface area contributed by atoms with Crippen LogP contribution in [0.4, 0.5) is 0 Å². The first-order valence-electron chi connectivity index (χ1n) is 9.86. The van der Waals surface area contributed by atoms with Gasteiger partial charge < -0.3 is 9.15 Å². The summed E-state index contributed by atoms with van der Waals surface area (Å²) in [6, 6.07) is 16.5. The number of aromatic nitrogens is 1. The minimum absolute atomic E-state index is 0.387. The predicted molar refractivity (Wildman–Crippen MR) is 115 cm³/mol. The molecule has 7 heteroatoms. The number of pyridine rings is 1. The van der Waals surface area contributed by atoms with Gasteiger partial charge in [0, 0.05) is 18.7 Å². The molecule has 1 aliphatic rings. The highest BCUT2D eigenvalue weighted by atomic mass is 16.5. The fraction of sp³-hybridized carbons (Fsp3) is 0.167. The summed E-state index contributed by atoms with van der Waals surface area (Å²) >= 11 is 0. The van der Waals surface area contributed by atoms with Crippen molar-refractivity contribution in [2.24, 2.45) is 5.10 Å². The molecule has 1 atom stereocenters. The van der Waals surface area contributed by atoms with E-state index in [0.717, 1.165) is 16.8 Å². The molecule has 1 unspecified atom stereocenters. The number of carbonyl (C=O) groups excluding carboxylic acids is 2. The monoisotopic (exact) mass is 415 g/mol. The van der Waals surface area contributed by atoms with E-state index in [2.05, 4.69) is 10.1 Å². The average molecular weight is 415 g/mol. The van der Waals surface area contributed by atoms with Gasteiger partial charge in [-0.2, -0.15) is 5.10 Å². The van der Waals surface area contributed by atoms with Crippen molar-refractivity contribution < 1.29 is 18.7 Å². The van der Waals surface area contributed by atoms with Gasteiger partial charge in [-0.15, -0.1) is 0 Å². The van der Waals surface area contributed by atoms with Gasteiger partial charge in [-0.3, -0.25) is 9.78 Å². The summed E-state index contributed by atoms with van der Waals surface area (Å²) in [4.78, 5) is 28.9. The first kappa shape index (κ1) is 20.3. The number of furan rings is 1. The second-order valence-corrected chi connectivity index (χ2v) is 7.08. The lowest BCUT2D eigenvalue weighted by Crippen LogP contribution is -2.31. The number of nitrogens with zero attached hydrogens (tertiary/aromatic N) is 3. The maximum atomic E-state index is 12.8. The van der Waals surface area contributed by atoms with Crippen LogP contribution in [0.5, 0.6) is 0 Å². The van der Waals surface area contributed by atoms with Gasteiger partial charge in [0.2, 0.25) is 0 Å². The molecule has 0 saturated heterocycles. The van der Waals surface area contributed by atoms with Crippen LogP contribution in [0.1, 0.15) is 35.0 Å². The van der Waals surface area contributed by atoms with E-state index >= 15 is 0 Å². The predicted octanol–water partition coefficient (Wildman–Crippen LogP) is 3.92. The zero-order valence-electron chi connectivity index (χ0n) is 17.0. The molecule has 0 fully saturated rings. The van der Waals surface area contributed by atoms with Crippen LogP contribution in [-0.2, 0) is 14.3 Å². The normalized spacial score (nSPS) is 15.8. The van der Waals surface area contributed by atoms with Crippen LogP contribution in [0.2, 0.25) is 0 Å². The summed E-state index contributed by atoms with van der Waals surface area (Å²) in [5.74, 6) is -0.431. The Bertz CT molecular complexity index is 1100. The number of aryl methyl sites for hydroxylation is 1. The van der Waals surface area contributed by atoms with E-state index in [9.17, 15) is 9.59 Å². The van der Waals surface area contributed by atoms with Crippen LogP contribution in [0.15, 0.2) is 82.7 Å².